The zero-order chi connectivity index (χ0) is 14.0. The number of hydrogen-bond donors (Lipinski definition) is 1. The lowest BCUT2D eigenvalue weighted by atomic mass is 10.1. The molecule has 0 aliphatic heterocycles. The number of carboxylic acid groups (broad SMARTS) is 1. The molecule has 1 aromatic carbocycles. The van der Waals surface area contributed by atoms with Crippen molar-refractivity contribution in [2.75, 3.05) is 14.2 Å². The fraction of sp³-hybridized carbons (Fsp3) is 0.231. The Morgan fingerprint density at radius 2 is 2.05 bits per heavy atom. The van der Waals surface area contributed by atoms with Gasteiger partial charge in [0.25, 0.3) is 0 Å². The molecule has 2 rings (SSSR count). The minimum atomic E-state index is -1.14. The summed E-state index contributed by atoms with van der Waals surface area (Å²) in [5.74, 6) is 0.267. The smallest absolute Gasteiger partial charge is 0.357 e. The molecule has 0 saturated carbocycles. The maximum absolute atomic E-state index is 10.8. The summed E-state index contributed by atoms with van der Waals surface area (Å²) in [7, 11) is 3.08. The summed E-state index contributed by atoms with van der Waals surface area (Å²) in [6, 6.07) is 3.46. The number of oxazole rings is 1. The van der Waals surface area contributed by atoms with E-state index in [1.807, 2.05) is 6.92 Å². The van der Waals surface area contributed by atoms with Gasteiger partial charge in [0.2, 0.25) is 5.89 Å². The third kappa shape index (κ3) is 2.24. The highest BCUT2D eigenvalue weighted by atomic mass is 16.5. The van der Waals surface area contributed by atoms with E-state index in [1.165, 1.54) is 7.11 Å². The second-order valence-corrected chi connectivity index (χ2v) is 3.82. The van der Waals surface area contributed by atoms with Gasteiger partial charge in [-0.15, -0.1) is 0 Å². The summed E-state index contributed by atoms with van der Waals surface area (Å²) in [4.78, 5) is 14.7. The van der Waals surface area contributed by atoms with Crippen LogP contribution in [0.4, 0.5) is 0 Å². The summed E-state index contributed by atoms with van der Waals surface area (Å²) in [5.41, 5.74) is 1.22. The Hall–Kier alpha value is -2.50. The Morgan fingerprint density at radius 3 is 2.58 bits per heavy atom. The Morgan fingerprint density at radius 1 is 1.32 bits per heavy atom. The Bertz CT molecular complexity index is 617. The lowest BCUT2D eigenvalue weighted by molar-refractivity contribution is 0.0690. The van der Waals surface area contributed by atoms with Crippen molar-refractivity contribution < 1.29 is 23.8 Å². The van der Waals surface area contributed by atoms with Gasteiger partial charge in [-0.05, 0) is 19.1 Å². The third-order valence-electron chi connectivity index (χ3n) is 2.73. The molecule has 0 amide bonds. The molecule has 1 heterocycles. The molecule has 0 aliphatic rings. The summed E-state index contributed by atoms with van der Waals surface area (Å²) in [5, 5.41) is 8.83. The average Bonchev–Trinajstić information content (AvgIpc) is 2.87. The molecule has 0 unspecified atom stereocenters. The molecular formula is C13H13NO5. The van der Waals surface area contributed by atoms with Crippen molar-refractivity contribution >= 4 is 5.97 Å². The SMILES string of the molecule is COc1ccc(-c2nc(C(=O)O)co2)c(OC)c1C. The van der Waals surface area contributed by atoms with Crippen molar-refractivity contribution in [3.63, 3.8) is 0 Å². The number of hydrogen-bond acceptors (Lipinski definition) is 5. The third-order valence-corrected chi connectivity index (χ3v) is 2.73. The van der Waals surface area contributed by atoms with Crippen LogP contribution in [-0.2, 0) is 0 Å². The number of aromatic nitrogens is 1. The van der Waals surface area contributed by atoms with E-state index in [4.69, 9.17) is 19.0 Å². The standard InChI is InChI=1S/C13H13NO5/c1-7-10(17-2)5-4-8(11(7)18-3)12-14-9(6-19-12)13(15)16/h4-6H,1-3H3,(H,15,16). The van der Waals surface area contributed by atoms with Crippen molar-refractivity contribution in [3.05, 3.63) is 29.7 Å². The van der Waals surface area contributed by atoms with Gasteiger partial charge in [0, 0.05) is 5.56 Å². The van der Waals surface area contributed by atoms with E-state index in [1.54, 1.807) is 19.2 Å². The van der Waals surface area contributed by atoms with Gasteiger partial charge in [0.15, 0.2) is 5.69 Å². The van der Waals surface area contributed by atoms with Gasteiger partial charge in [-0.2, -0.15) is 0 Å². The monoisotopic (exact) mass is 263 g/mol. The molecule has 0 bridgehead atoms. The number of ether oxygens (including phenoxy) is 2. The second-order valence-electron chi connectivity index (χ2n) is 3.82. The first-order valence-electron chi connectivity index (χ1n) is 5.49. The van der Waals surface area contributed by atoms with Gasteiger partial charge in [-0.3, -0.25) is 0 Å². The van der Waals surface area contributed by atoms with Crippen LogP contribution in [-0.4, -0.2) is 30.3 Å². The average molecular weight is 263 g/mol. The van der Waals surface area contributed by atoms with Gasteiger partial charge in [0.1, 0.15) is 17.8 Å². The van der Waals surface area contributed by atoms with Crippen molar-refractivity contribution in [3.8, 4) is 23.0 Å². The predicted octanol–water partition coefficient (Wildman–Crippen LogP) is 2.37. The number of carboxylic acids is 1. The molecule has 100 valence electrons. The molecule has 6 nitrogen and oxygen atoms in total. The van der Waals surface area contributed by atoms with E-state index in [0.29, 0.717) is 17.1 Å². The second kappa shape index (κ2) is 5.01. The van der Waals surface area contributed by atoms with E-state index in [0.717, 1.165) is 11.8 Å². The highest BCUT2D eigenvalue weighted by molar-refractivity contribution is 5.85. The lowest BCUT2D eigenvalue weighted by Crippen LogP contribution is -1.97. The van der Waals surface area contributed by atoms with Crippen LogP contribution in [0.3, 0.4) is 0 Å². The van der Waals surface area contributed by atoms with Crippen molar-refractivity contribution in [2.45, 2.75) is 6.92 Å². The summed E-state index contributed by atoms with van der Waals surface area (Å²) >= 11 is 0. The van der Waals surface area contributed by atoms with E-state index >= 15 is 0 Å². The van der Waals surface area contributed by atoms with E-state index in [-0.39, 0.29) is 11.6 Å². The fourth-order valence-corrected chi connectivity index (χ4v) is 1.82. The molecule has 1 aromatic heterocycles. The molecule has 19 heavy (non-hydrogen) atoms. The van der Waals surface area contributed by atoms with E-state index in [2.05, 4.69) is 4.98 Å². The molecule has 6 heteroatoms. The van der Waals surface area contributed by atoms with Gasteiger partial charge in [0.05, 0.1) is 19.8 Å². The van der Waals surface area contributed by atoms with Crippen LogP contribution in [0.15, 0.2) is 22.8 Å². The first kappa shape index (κ1) is 12.9. The largest absolute Gasteiger partial charge is 0.496 e. The van der Waals surface area contributed by atoms with Crippen LogP contribution in [0.1, 0.15) is 16.1 Å². The summed E-state index contributed by atoms with van der Waals surface area (Å²) in [6.07, 6.45) is 1.09. The Labute approximate surface area is 109 Å². The first-order chi connectivity index (χ1) is 9.08. The highest BCUT2D eigenvalue weighted by Crippen LogP contribution is 2.37. The van der Waals surface area contributed by atoms with Crippen molar-refractivity contribution in [1.29, 1.82) is 0 Å². The fourth-order valence-electron chi connectivity index (χ4n) is 1.82. The molecule has 0 saturated heterocycles. The number of aromatic carboxylic acids is 1. The Kier molecular flexibility index (Phi) is 3.41. The number of methoxy groups -OCH3 is 2. The number of benzene rings is 1. The van der Waals surface area contributed by atoms with E-state index < -0.39 is 5.97 Å². The van der Waals surface area contributed by atoms with Crippen LogP contribution < -0.4 is 9.47 Å². The number of rotatable bonds is 4. The minimum Gasteiger partial charge on any atom is -0.496 e. The number of nitrogens with zero attached hydrogens (tertiary/aromatic N) is 1. The van der Waals surface area contributed by atoms with Crippen LogP contribution in [0.25, 0.3) is 11.5 Å². The topological polar surface area (TPSA) is 81.8 Å². The molecule has 0 spiro atoms. The number of carbonyl (C=O) groups is 1. The van der Waals surface area contributed by atoms with Crippen molar-refractivity contribution in [2.24, 2.45) is 0 Å². The zero-order valence-electron chi connectivity index (χ0n) is 10.8. The van der Waals surface area contributed by atoms with Crippen LogP contribution in [0.5, 0.6) is 11.5 Å². The predicted molar refractivity (Wildman–Crippen MR) is 66.7 cm³/mol. The van der Waals surface area contributed by atoms with Gasteiger partial charge in [-0.1, -0.05) is 0 Å². The molecule has 0 aliphatic carbocycles. The van der Waals surface area contributed by atoms with Crippen LogP contribution >= 0.6 is 0 Å². The summed E-state index contributed by atoms with van der Waals surface area (Å²) in [6.45, 7) is 1.84. The molecule has 1 N–H and O–H groups in total. The molecule has 2 aromatic rings. The zero-order valence-corrected chi connectivity index (χ0v) is 10.8. The maximum atomic E-state index is 10.8. The van der Waals surface area contributed by atoms with Gasteiger partial charge >= 0.3 is 5.97 Å². The normalized spacial score (nSPS) is 10.3. The quantitative estimate of drug-likeness (QED) is 0.911. The first-order valence-corrected chi connectivity index (χ1v) is 5.49. The molecule has 0 atom stereocenters. The van der Waals surface area contributed by atoms with E-state index in [9.17, 15) is 4.79 Å². The lowest BCUT2D eigenvalue weighted by Gasteiger charge is -2.12. The maximum Gasteiger partial charge on any atom is 0.357 e. The minimum absolute atomic E-state index is 0.148. The van der Waals surface area contributed by atoms with Crippen LogP contribution in [0, 0.1) is 6.92 Å². The highest BCUT2D eigenvalue weighted by Gasteiger charge is 2.18. The molecule has 0 radical (unpaired) electrons. The Balaban J connectivity index is 2.55. The molecular weight excluding hydrogens is 250 g/mol. The summed E-state index contributed by atoms with van der Waals surface area (Å²) < 4.78 is 15.7. The van der Waals surface area contributed by atoms with Crippen LogP contribution in [0.2, 0.25) is 0 Å². The molecule has 0 fully saturated rings. The van der Waals surface area contributed by atoms with Gasteiger partial charge in [-0.25, -0.2) is 9.78 Å². The van der Waals surface area contributed by atoms with Gasteiger partial charge < -0.3 is 19.0 Å². The van der Waals surface area contributed by atoms with Crippen molar-refractivity contribution in [1.82, 2.24) is 4.98 Å².